The monoisotopic (exact) mass is 796 g/mol. The van der Waals surface area contributed by atoms with Crippen LogP contribution in [0.5, 0.6) is 0 Å². The Bertz CT molecular complexity index is 3490. The third-order valence-electron chi connectivity index (χ3n) is 12.0. The van der Waals surface area contributed by atoms with E-state index < -0.39 is 0 Å². The number of nitrogens with zero attached hydrogens (tertiary/aromatic N) is 1. The molecule has 10 aromatic carbocycles. The van der Waals surface area contributed by atoms with E-state index in [0.717, 1.165) is 22.4 Å². The molecule has 288 valence electrons. The van der Waals surface area contributed by atoms with Gasteiger partial charge in [0.25, 0.3) is 0 Å². The van der Waals surface area contributed by atoms with Gasteiger partial charge in [-0.2, -0.15) is 0 Å². The summed E-state index contributed by atoms with van der Waals surface area (Å²) in [7, 11) is 0. The molecule has 0 saturated carbocycles. The van der Waals surface area contributed by atoms with Crippen molar-refractivity contribution in [3.63, 3.8) is 0 Å². The van der Waals surface area contributed by atoms with Crippen LogP contribution in [0, 0.1) is 0 Å². The second kappa shape index (κ2) is 15.5. The van der Waals surface area contributed by atoms with E-state index in [-0.39, 0.29) is 0 Å². The molecule has 0 fully saturated rings. The fourth-order valence-corrected chi connectivity index (χ4v) is 10.4. The molecule has 0 atom stereocenters. The molecule has 0 radical (unpaired) electrons. The molecule has 0 aliphatic rings. The summed E-state index contributed by atoms with van der Waals surface area (Å²) in [6.45, 7) is 0. The lowest BCUT2D eigenvalue weighted by atomic mass is 9.84. The number of allylic oxidation sites excluding steroid dienone is 1. The minimum absolute atomic E-state index is 0.485. The van der Waals surface area contributed by atoms with Crippen LogP contribution in [0.4, 0.5) is 0 Å². The highest BCUT2D eigenvalue weighted by Gasteiger charge is 2.19. The number of amidine groups is 1. The van der Waals surface area contributed by atoms with Crippen molar-refractivity contribution in [3.05, 3.63) is 235 Å². The molecule has 0 saturated heterocycles. The first-order valence-corrected chi connectivity index (χ1v) is 21.6. The first-order valence-electron chi connectivity index (χ1n) is 20.8. The van der Waals surface area contributed by atoms with Gasteiger partial charge in [0, 0.05) is 25.7 Å². The van der Waals surface area contributed by atoms with Crippen molar-refractivity contribution in [1.82, 2.24) is 0 Å². The zero-order valence-electron chi connectivity index (χ0n) is 33.4. The molecule has 11 rings (SSSR count). The van der Waals surface area contributed by atoms with Gasteiger partial charge in [0.15, 0.2) is 0 Å². The van der Waals surface area contributed by atoms with Crippen molar-refractivity contribution in [1.29, 1.82) is 0 Å². The first-order chi connectivity index (χ1) is 30.2. The molecule has 1 aromatic heterocycles. The quantitative estimate of drug-likeness (QED) is 0.0707. The van der Waals surface area contributed by atoms with Crippen LogP contribution in [-0.2, 0) is 6.42 Å². The summed E-state index contributed by atoms with van der Waals surface area (Å²) in [6.07, 6.45) is 2.92. The number of rotatable bonds is 8. The molecule has 1 heterocycles. The smallest absolute Gasteiger partial charge is 0.131 e. The Hall–Kier alpha value is -7.59. The third kappa shape index (κ3) is 6.57. The molecule has 3 heteroatoms. The highest BCUT2D eigenvalue weighted by molar-refractivity contribution is 7.26. The van der Waals surface area contributed by atoms with E-state index in [1.54, 1.807) is 0 Å². The molecule has 0 amide bonds. The van der Waals surface area contributed by atoms with E-state index in [4.69, 9.17) is 10.7 Å². The average Bonchev–Trinajstić information content (AvgIpc) is 3.72. The molecular weight excluding hydrogens is 757 g/mol. The lowest BCUT2D eigenvalue weighted by molar-refractivity contribution is 1.26. The highest BCUT2D eigenvalue weighted by Crippen LogP contribution is 2.46. The summed E-state index contributed by atoms with van der Waals surface area (Å²) in [4.78, 5) is 5.16. The zero-order chi connectivity index (χ0) is 40.7. The summed E-state index contributed by atoms with van der Waals surface area (Å²) in [5, 5.41) is 10.0. The molecular formula is C58H40N2S. The van der Waals surface area contributed by atoms with Crippen LogP contribution in [0.3, 0.4) is 0 Å². The minimum atomic E-state index is 0.485. The van der Waals surface area contributed by atoms with Gasteiger partial charge in [0.2, 0.25) is 0 Å². The predicted octanol–water partition coefficient (Wildman–Crippen LogP) is 15.5. The van der Waals surface area contributed by atoms with E-state index in [1.807, 2.05) is 41.7 Å². The van der Waals surface area contributed by atoms with Crippen molar-refractivity contribution in [2.24, 2.45) is 10.7 Å². The summed E-state index contributed by atoms with van der Waals surface area (Å²) in [5.74, 6) is 0.485. The number of benzene rings is 10. The Morgan fingerprint density at radius 1 is 0.443 bits per heavy atom. The van der Waals surface area contributed by atoms with Crippen LogP contribution in [0.2, 0.25) is 0 Å². The second-order valence-electron chi connectivity index (χ2n) is 15.5. The lowest BCUT2D eigenvalue weighted by Crippen LogP contribution is -2.13. The van der Waals surface area contributed by atoms with Crippen molar-refractivity contribution in [3.8, 4) is 33.4 Å². The van der Waals surface area contributed by atoms with E-state index in [9.17, 15) is 0 Å². The molecule has 61 heavy (non-hydrogen) atoms. The molecule has 0 aliphatic carbocycles. The van der Waals surface area contributed by atoms with Gasteiger partial charge < -0.3 is 5.73 Å². The third-order valence-corrected chi connectivity index (χ3v) is 13.2. The molecule has 0 spiro atoms. The topological polar surface area (TPSA) is 38.4 Å². The van der Waals surface area contributed by atoms with Crippen molar-refractivity contribution < 1.29 is 0 Å². The molecule has 0 unspecified atom stereocenters. The number of hydrogen-bond donors (Lipinski definition) is 1. The largest absolute Gasteiger partial charge is 0.383 e. The Kier molecular flexibility index (Phi) is 9.30. The number of aliphatic imine (C=N–C) groups is 1. The fourth-order valence-electron chi connectivity index (χ4n) is 9.13. The first kappa shape index (κ1) is 36.5. The lowest BCUT2D eigenvalue weighted by Gasteiger charge is -2.19. The van der Waals surface area contributed by atoms with Crippen molar-refractivity contribution >= 4 is 75.4 Å². The summed E-state index contributed by atoms with van der Waals surface area (Å²) in [6, 6.07) is 76.1. The Balaban J connectivity index is 1.06. The Morgan fingerprint density at radius 3 is 1.85 bits per heavy atom. The Morgan fingerprint density at radius 2 is 1.05 bits per heavy atom. The average molecular weight is 797 g/mol. The van der Waals surface area contributed by atoms with E-state index in [1.165, 1.54) is 85.9 Å². The van der Waals surface area contributed by atoms with Gasteiger partial charge in [-0.15, -0.1) is 11.3 Å². The number of hydrogen-bond acceptors (Lipinski definition) is 2. The van der Waals surface area contributed by atoms with E-state index in [0.29, 0.717) is 12.3 Å². The number of thiophene rings is 1. The maximum absolute atomic E-state index is 6.79. The van der Waals surface area contributed by atoms with E-state index in [2.05, 4.69) is 188 Å². The molecule has 11 aromatic rings. The van der Waals surface area contributed by atoms with Gasteiger partial charge in [-0.3, -0.25) is 0 Å². The van der Waals surface area contributed by atoms with Crippen LogP contribution in [-0.4, -0.2) is 5.84 Å². The van der Waals surface area contributed by atoms with Crippen LogP contribution in [0.15, 0.2) is 223 Å². The van der Waals surface area contributed by atoms with Gasteiger partial charge in [-0.1, -0.05) is 212 Å². The summed E-state index contributed by atoms with van der Waals surface area (Å²) >= 11 is 1.87. The number of nitrogens with two attached hydrogens (primary N) is 1. The second-order valence-corrected chi connectivity index (χ2v) is 16.6. The van der Waals surface area contributed by atoms with Gasteiger partial charge in [-0.05, 0) is 89.3 Å². The zero-order valence-corrected chi connectivity index (χ0v) is 34.2. The van der Waals surface area contributed by atoms with Crippen LogP contribution < -0.4 is 5.73 Å². The van der Waals surface area contributed by atoms with Crippen molar-refractivity contribution in [2.45, 2.75) is 6.42 Å². The standard InChI is InChI=1S/C58H40N2S/c59-58(43-20-5-2-6-21-43)60-52(37-35-38-16-7-9-22-44(38)49-27-15-28-50-46-24-13-14-29-53(46)61-57(49)50)40-30-32-42(33-31-40)55-48-26-12-11-25-47(48)54(41-18-3-1-4-19-41)51-36-34-39-17-8-10-23-45(39)56(51)55/h1-34,36-37H,35H2,(H2,59,60)/b52-37-. The van der Waals surface area contributed by atoms with Gasteiger partial charge in [-0.25, -0.2) is 4.99 Å². The van der Waals surface area contributed by atoms with E-state index >= 15 is 0 Å². The van der Waals surface area contributed by atoms with Crippen LogP contribution in [0.1, 0.15) is 16.7 Å². The Labute approximate surface area is 359 Å². The maximum atomic E-state index is 6.79. The fraction of sp³-hybridized carbons (Fsp3) is 0.0172. The maximum Gasteiger partial charge on any atom is 0.131 e. The summed E-state index contributed by atoms with van der Waals surface area (Å²) in [5.41, 5.74) is 18.1. The van der Waals surface area contributed by atoms with Crippen molar-refractivity contribution in [2.75, 3.05) is 0 Å². The highest BCUT2D eigenvalue weighted by atomic mass is 32.1. The SMILES string of the molecule is NC(=N/C(=C\Cc1ccccc1-c1cccc2c1sc1ccccc12)c1ccc(-c2c3ccccc3c(-c3ccccc3)c3ccc4ccccc4c23)cc1)c1ccccc1. The number of fused-ring (bicyclic) bond motifs is 7. The predicted molar refractivity (Wildman–Crippen MR) is 263 cm³/mol. The normalized spacial score (nSPS) is 12.3. The van der Waals surface area contributed by atoms with Gasteiger partial charge in [0.1, 0.15) is 5.84 Å². The van der Waals surface area contributed by atoms with Crippen LogP contribution >= 0.6 is 11.3 Å². The van der Waals surface area contributed by atoms with Gasteiger partial charge >= 0.3 is 0 Å². The minimum Gasteiger partial charge on any atom is -0.383 e. The summed E-state index contributed by atoms with van der Waals surface area (Å²) < 4.78 is 2.62. The molecule has 0 aliphatic heterocycles. The molecule has 2 nitrogen and oxygen atoms in total. The van der Waals surface area contributed by atoms with Crippen LogP contribution in [0.25, 0.3) is 91.6 Å². The molecule has 2 N–H and O–H groups in total. The molecule has 0 bridgehead atoms. The van der Waals surface area contributed by atoms with Gasteiger partial charge in [0.05, 0.1) is 5.70 Å².